The zero-order valence-electron chi connectivity index (χ0n) is 15.3. The Labute approximate surface area is 170 Å². The van der Waals surface area contributed by atoms with Crippen molar-refractivity contribution in [2.45, 2.75) is 12.5 Å². The van der Waals surface area contributed by atoms with Crippen LogP contribution in [0.15, 0.2) is 42.5 Å². The highest BCUT2D eigenvalue weighted by Crippen LogP contribution is 2.38. The van der Waals surface area contributed by atoms with Crippen LogP contribution in [0, 0.1) is 5.92 Å². The number of aromatic amines is 1. The summed E-state index contributed by atoms with van der Waals surface area (Å²) in [4.78, 5) is 38.2. The summed E-state index contributed by atoms with van der Waals surface area (Å²) in [5.74, 6) is -2.23. The number of benzene rings is 2. The van der Waals surface area contributed by atoms with E-state index in [1.165, 1.54) is 0 Å². The zero-order valence-corrected chi connectivity index (χ0v) is 16.1. The molecule has 3 aromatic rings. The maximum atomic E-state index is 13.0. The van der Waals surface area contributed by atoms with Crippen molar-refractivity contribution in [2.24, 2.45) is 5.92 Å². The second kappa shape index (κ2) is 7.21. The lowest BCUT2D eigenvalue weighted by Crippen LogP contribution is -2.30. The third-order valence-corrected chi connectivity index (χ3v) is 5.38. The van der Waals surface area contributed by atoms with Crippen molar-refractivity contribution in [3.8, 4) is 0 Å². The summed E-state index contributed by atoms with van der Waals surface area (Å²) >= 11 is 6.09. The number of H-pyrrole nitrogens is 1. The second-order valence-electron chi connectivity index (χ2n) is 6.94. The van der Waals surface area contributed by atoms with E-state index in [-0.39, 0.29) is 23.9 Å². The van der Waals surface area contributed by atoms with Gasteiger partial charge in [-0.05, 0) is 35.9 Å². The number of anilines is 1. The molecule has 2 unspecified atom stereocenters. The number of carbonyl (C=O) groups is 3. The van der Waals surface area contributed by atoms with E-state index in [2.05, 4.69) is 15.5 Å². The third kappa shape index (κ3) is 3.42. The highest BCUT2D eigenvalue weighted by Gasteiger charge is 2.42. The SMILES string of the molecule is CN1C(=O)CC(C(=O)Nc2ccc3[nH]nc(C(=O)O)c3c2)C1c1cccc(Cl)c1. The molecule has 0 bridgehead atoms. The van der Waals surface area contributed by atoms with E-state index in [0.717, 1.165) is 5.56 Å². The summed E-state index contributed by atoms with van der Waals surface area (Å²) in [5.41, 5.74) is 1.64. The minimum Gasteiger partial charge on any atom is -0.476 e. The number of nitrogens with one attached hydrogen (secondary N) is 2. The lowest BCUT2D eigenvalue weighted by Gasteiger charge is -2.25. The van der Waals surface area contributed by atoms with Gasteiger partial charge in [-0.1, -0.05) is 23.7 Å². The zero-order chi connectivity index (χ0) is 20.7. The number of carboxylic acid groups (broad SMARTS) is 1. The van der Waals surface area contributed by atoms with Crippen LogP contribution < -0.4 is 5.32 Å². The molecule has 0 radical (unpaired) electrons. The number of hydrogen-bond acceptors (Lipinski definition) is 4. The molecular formula is C20H17ClN4O4. The topological polar surface area (TPSA) is 115 Å². The van der Waals surface area contributed by atoms with Crippen LogP contribution in [0.3, 0.4) is 0 Å². The van der Waals surface area contributed by atoms with Crippen LogP contribution in [0.4, 0.5) is 5.69 Å². The molecule has 29 heavy (non-hydrogen) atoms. The van der Waals surface area contributed by atoms with Crippen molar-refractivity contribution >= 4 is 46.0 Å². The molecular weight excluding hydrogens is 396 g/mol. The average Bonchev–Trinajstić information content (AvgIpc) is 3.23. The maximum Gasteiger partial charge on any atom is 0.357 e. The first-order valence-corrected chi connectivity index (χ1v) is 9.26. The second-order valence-corrected chi connectivity index (χ2v) is 7.38. The molecule has 9 heteroatoms. The van der Waals surface area contributed by atoms with E-state index in [0.29, 0.717) is 21.6 Å². The number of hydrogen-bond donors (Lipinski definition) is 3. The quantitative estimate of drug-likeness (QED) is 0.609. The monoisotopic (exact) mass is 412 g/mol. The summed E-state index contributed by atoms with van der Waals surface area (Å²) in [6.45, 7) is 0. The van der Waals surface area contributed by atoms with E-state index >= 15 is 0 Å². The molecule has 0 saturated carbocycles. The third-order valence-electron chi connectivity index (χ3n) is 5.15. The first kappa shape index (κ1) is 18.9. The Kier molecular flexibility index (Phi) is 4.71. The van der Waals surface area contributed by atoms with Gasteiger partial charge in [0.15, 0.2) is 5.69 Å². The average molecular weight is 413 g/mol. The molecule has 4 rings (SSSR count). The predicted molar refractivity (Wildman–Crippen MR) is 107 cm³/mol. The number of aromatic carboxylic acids is 1. The van der Waals surface area contributed by atoms with Crippen LogP contribution >= 0.6 is 11.6 Å². The van der Waals surface area contributed by atoms with Gasteiger partial charge < -0.3 is 15.3 Å². The molecule has 0 spiro atoms. The number of rotatable bonds is 4. The van der Waals surface area contributed by atoms with Crippen molar-refractivity contribution in [1.29, 1.82) is 0 Å². The van der Waals surface area contributed by atoms with E-state index in [9.17, 15) is 19.5 Å². The van der Waals surface area contributed by atoms with Crippen LogP contribution in [0.2, 0.25) is 5.02 Å². The van der Waals surface area contributed by atoms with Crippen molar-refractivity contribution in [2.75, 3.05) is 12.4 Å². The molecule has 1 aliphatic rings. The normalized spacial score (nSPS) is 19.0. The first-order valence-electron chi connectivity index (χ1n) is 8.88. The summed E-state index contributed by atoms with van der Waals surface area (Å²) in [6, 6.07) is 11.5. The fourth-order valence-electron chi connectivity index (χ4n) is 3.74. The molecule has 2 aromatic carbocycles. The van der Waals surface area contributed by atoms with Gasteiger partial charge in [0.1, 0.15) is 0 Å². The minimum atomic E-state index is -1.16. The molecule has 1 aromatic heterocycles. The largest absolute Gasteiger partial charge is 0.476 e. The molecule has 3 N–H and O–H groups in total. The Hall–Kier alpha value is -3.39. The van der Waals surface area contributed by atoms with Crippen LogP contribution in [-0.2, 0) is 9.59 Å². The summed E-state index contributed by atoms with van der Waals surface area (Å²) < 4.78 is 0. The smallest absolute Gasteiger partial charge is 0.357 e. The van der Waals surface area contributed by atoms with Crippen LogP contribution in [0.25, 0.3) is 10.9 Å². The molecule has 2 amide bonds. The van der Waals surface area contributed by atoms with Crippen LogP contribution in [0.1, 0.15) is 28.5 Å². The van der Waals surface area contributed by atoms with Crippen molar-refractivity contribution in [1.82, 2.24) is 15.1 Å². The minimum absolute atomic E-state index is 0.0772. The van der Waals surface area contributed by atoms with Gasteiger partial charge in [-0.15, -0.1) is 0 Å². The molecule has 148 valence electrons. The van der Waals surface area contributed by atoms with Crippen molar-refractivity contribution in [3.63, 3.8) is 0 Å². The molecule has 0 aliphatic carbocycles. The molecule has 1 saturated heterocycles. The number of amides is 2. The van der Waals surface area contributed by atoms with E-state index < -0.39 is 17.9 Å². The maximum absolute atomic E-state index is 13.0. The molecule has 1 aliphatic heterocycles. The highest BCUT2D eigenvalue weighted by atomic mass is 35.5. The molecule has 2 heterocycles. The van der Waals surface area contributed by atoms with Gasteiger partial charge in [-0.3, -0.25) is 14.7 Å². The van der Waals surface area contributed by atoms with Gasteiger partial charge >= 0.3 is 5.97 Å². The number of halogens is 1. The van der Waals surface area contributed by atoms with Gasteiger partial charge in [0.05, 0.1) is 17.5 Å². The summed E-state index contributed by atoms with van der Waals surface area (Å²) in [7, 11) is 1.66. The Morgan fingerprint density at radius 1 is 1.28 bits per heavy atom. The fourth-order valence-corrected chi connectivity index (χ4v) is 3.94. The Balaban J connectivity index is 1.63. The Morgan fingerprint density at radius 2 is 2.07 bits per heavy atom. The summed E-state index contributed by atoms with van der Waals surface area (Å²) in [5, 5.41) is 19.4. The number of fused-ring (bicyclic) bond motifs is 1. The Bertz CT molecular complexity index is 1140. The number of aromatic nitrogens is 2. The van der Waals surface area contributed by atoms with Crippen molar-refractivity contribution < 1.29 is 19.5 Å². The number of nitrogens with zero attached hydrogens (tertiary/aromatic N) is 2. The predicted octanol–water partition coefficient (Wildman–Crippen LogP) is 3.07. The van der Waals surface area contributed by atoms with Gasteiger partial charge in [0.2, 0.25) is 11.8 Å². The van der Waals surface area contributed by atoms with Gasteiger partial charge in [0, 0.05) is 29.6 Å². The van der Waals surface area contributed by atoms with Gasteiger partial charge in [0.25, 0.3) is 0 Å². The van der Waals surface area contributed by atoms with Crippen molar-refractivity contribution in [3.05, 3.63) is 58.7 Å². The summed E-state index contributed by atoms with van der Waals surface area (Å²) in [6.07, 6.45) is 0.0772. The molecule has 8 nitrogen and oxygen atoms in total. The van der Waals surface area contributed by atoms with Gasteiger partial charge in [-0.25, -0.2) is 4.79 Å². The number of carbonyl (C=O) groups excluding carboxylic acids is 2. The van der Waals surface area contributed by atoms with Crippen LogP contribution in [0.5, 0.6) is 0 Å². The first-order chi connectivity index (χ1) is 13.8. The highest BCUT2D eigenvalue weighted by molar-refractivity contribution is 6.30. The Morgan fingerprint density at radius 3 is 2.79 bits per heavy atom. The molecule has 1 fully saturated rings. The number of likely N-dealkylation sites (tertiary alicyclic amines) is 1. The lowest BCUT2D eigenvalue weighted by atomic mass is 9.93. The van der Waals surface area contributed by atoms with E-state index in [1.54, 1.807) is 48.3 Å². The van der Waals surface area contributed by atoms with Gasteiger partial charge in [-0.2, -0.15) is 5.10 Å². The standard InChI is InChI=1S/C20H17ClN4O4/c1-25-16(26)9-14(18(25)10-3-2-4-11(21)7-10)19(27)22-12-5-6-15-13(8-12)17(20(28)29)24-23-15/h2-8,14,18H,9H2,1H3,(H,22,27)(H,23,24)(H,28,29). The lowest BCUT2D eigenvalue weighted by molar-refractivity contribution is -0.128. The molecule has 2 atom stereocenters. The van der Waals surface area contributed by atoms with Crippen LogP contribution in [-0.4, -0.2) is 45.0 Å². The number of carboxylic acids is 1. The van der Waals surface area contributed by atoms with E-state index in [1.807, 2.05) is 6.07 Å². The van der Waals surface area contributed by atoms with E-state index in [4.69, 9.17) is 11.6 Å². The fraction of sp³-hybridized carbons (Fsp3) is 0.200.